The van der Waals surface area contributed by atoms with Gasteiger partial charge in [-0.2, -0.15) is 0 Å². The fourth-order valence-corrected chi connectivity index (χ4v) is 4.37. The van der Waals surface area contributed by atoms with E-state index in [0.29, 0.717) is 5.69 Å². The number of carbonyl (C=O) groups is 4. The fourth-order valence-electron chi connectivity index (χ4n) is 3.94. The average Bonchev–Trinajstić information content (AvgIpc) is 3.12. The van der Waals surface area contributed by atoms with E-state index in [1.54, 1.807) is 13.0 Å². The monoisotopic (exact) mass is 534 g/mol. The minimum absolute atomic E-state index is 0.0857. The smallest absolute Gasteiger partial charge is 0.338 e. The molecule has 1 N–H and O–H groups in total. The Hall–Kier alpha value is -3.78. The number of carbonyl (C=O) groups excluding carboxylic acids is 4. The number of ether oxygens (including phenoxy) is 1. The summed E-state index contributed by atoms with van der Waals surface area (Å²) in [5.41, 5.74) is 3.79. The van der Waals surface area contributed by atoms with Crippen molar-refractivity contribution >= 4 is 45.3 Å². The molecule has 1 heterocycles. The largest absolute Gasteiger partial charge is 0.452 e. The molecular weight excluding hydrogens is 512 g/mol. The molecule has 4 rings (SSSR count). The van der Waals surface area contributed by atoms with Gasteiger partial charge in [0.25, 0.3) is 17.7 Å². The number of fused-ring (bicyclic) bond motifs is 1. The lowest BCUT2D eigenvalue weighted by molar-refractivity contribution is -0.119. The van der Waals surface area contributed by atoms with Crippen LogP contribution >= 0.6 is 15.9 Å². The number of hydrogen-bond acceptors (Lipinski definition) is 5. The van der Waals surface area contributed by atoms with Crippen molar-refractivity contribution in [2.45, 2.75) is 26.8 Å². The summed E-state index contributed by atoms with van der Waals surface area (Å²) in [6.45, 7) is 5.09. The van der Waals surface area contributed by atoms with Crippen LogP contribution in [-0.2, 0) is 9.53 Å². The van der Waals surface area contributed by atoms with Gasteiger partial charge >= 0.3 is 5.97 Å². The van der Waals surface area contributed by atoms with Crippen LogP contribution in [0.25, 0.3) is 0 Å². The highest BCUT2D eigenvalue weighted by molar-refractivity contribution is 9.10. The number of anilines is 1. The maximum Gasteiger partial charge on any atom is 0.338 e. The summed E-state index contributed by atoms with van der Waals surface area (Å²) in [6, 6.07) is 16.6. The van der Waals surface area contributed by atoms with Crippen molar-refractivity contribution in [2.75, 3.05) is 11.9 Å². The number of nitrogens with zero attached hydrogens (tertiary/aromatic N) is 1. The van der Waals surface area contributed by atoms with Crippen LogP contribution in [-0.4, -0.2) is 35.2 Å². The molecule has 178 valence electrons. The molecule has 0 radical (unpaired) electrons. The molecule has 0 unspecified atom stereocenters. The summed E-state index contributed by atoms with van der Waals surface area (Å²) in [5, 5.41) is 2.73. The number of hydrogen-bond donors (Lipinski definition) is 1. The SMILES string of the molecule is Cc1c(Br)ccc(NC(=O)COC(=O)c2ccc3c(c2)C(=O)N([C@H](C)c2ccccc2)C3=O)c1C. The second-order valence-corrected chi connectivity index (χ2v) is 9.15. The van der Waals surface area contributed by atoms with Crippen LogP contribution in [0.5, 0.6) is 0 Å². The topological polar surface area (TPSA) is 92.8 Å². The quantitative estimate of drug-likeness (QED) is 0.345. The van der Waals surface area contributed by atoms with Crippen LogP contribution in [0.3, 0.4) is 0 Å². The van der Waals surface area contributed by atoms with Crippen LogP contribution in [0.2, 0.25) is 0 Å². The second-order valence-electron chi connectivity index (χ2n) is 8.30. The molecule has 3 aromatic carbocycles. The number of esters is 1. The Kier molecular flexibility index (Phi) is 6.84. The maximum atomic E-state index is 13.0. The molecule has 7 nitrogen and oxygen atoms in total. The Morgan fingerprint density at radius 1 is 0.943 bits per heavy atom. The van der Waals surface area contributed by atoms with Gasteiger partial charge in [0, 0.05) is 10.2 Å². The number of rotatable bonds is 6. The second kappa shape index (κ2) is 9.84. The summed E-state index contributed by atoms with van der Waals surface area (Å²) in [5.74, 6) is -2.14. The molecule has 0 spiro atoms. The van der Waals surface area contributed by atoms with Gasteiger partial charge in [-0.1, -0.05) is 46.3 Å². The third-order valence-electron chi connectivity index (χ3n) is 6.15. The van der Waals surface area contributed by atoms with Gasteiger partial charge in [-0.05, 0) is 67.8 Å². The summed E-state index contributed by atoms with van der Waals surface area (Å²) >= 11 is 3.44. The van der Waals surface area contributed by atoms with Gasteiger partial charge in [-0.3, -0.25) is 19.3 Å². The number of nitrogens with one attached hydrogen (secondary N) is 1. The lowest BCUT2D eigenvalue weighted by Crippen LogP contribution is -2.32. The molecule has 0 saturated carbocycles. The zero-order valence-electron chi connectivity index (χ0n) is 19.4. The number of halogens is 1. The molecule has 1 aliphatic rings. The van der Waals surface area contributed by atoms with Gasteiger partial charge in [0.2, 0.25) is 0 Å². The minimum atomic E-state index is -0.763. The van der Waals surface area contributed by atoms with E-state index in [1.165, 1.54) is 23.1 Å². The first kappa shape index (κ1) is 24.3. The molecule has 0 aliphatic carbocycles. The van der Waals surface area contributed by atoms with E-state index in [9.17, 15) is 19.2 Å². The van der Waals surface area contributed by atoms with Crippen LogP contribution < -0.4 is 5.32 Å². The highest BCUT2D eigenvalue weighted by Crippen LogP contribution is 2.32. The van der Waals surface area contributed by atoms with Crippen molar-refractivity contribution in [1.82, 2.24) is 4.90 Å². The summed E-state index contributed by atoms with van der Waals surface area (Å²) < 4.78 is 6.08. The number of imide groups is 1. The summed E-state index contributed by atoms with van der Waals surface area (Å²) in [6.07, 6.45) is 0. The Morgan fingerprint density at radius 2 is 1.63 bits per heavy atom. The van der Waals surface area contributed by atoms with E-state index < -0.39 is 36.3 Å². The van der Waals surface area contributed by atoms with E-state index in [0.717, 1.165) is 21.2 Å². The number of amides is 3. The molecule has 0 bridgehead atoms. The Morgan fingerprint density at radius 3 is 2.34 bits per heavy atom. The van der Waals surface area contributed by atoms with E-state index in [-0.39, 0.29) is 16.7 Å². The lowest BCUT2D eigenvalue weighted by Gasteiger charge is -2.22. The van der Waals surface area contributed by atoms with Crippen LogP contribution in [0.4, 0.5) is 5.69 Å². The van der Waals surface area contributed by atoms with E-state index >= 15 is 0 Å². The van der Waals surface area contributed by atoms with Crippen molar-refractivity contribution in [3.05, 3.63) is 98.5 Å². The Bertz CT molecular complexity index is 1350. The van der Waals surface area contributed by atoms with Crippen LogP contribution in [0.15, 0.2) is 65.1 Å². The van der Waals surface area contributed by atoms with Gasteiger partial charge < -0.3 is 10.1 Å². The molecule has 35 heavy (non-hydrogen) atoms. The van der Waals surface area contributed by atoms with Crippen molar-refractivity contribution in [3.8, 4) is 0 Å². The van der Waals surface area contributed by atoms with Crippen LogP contribution in [0, 0.1) is 13.8 Å². The predicted molar refractivity (Wildman–Crippen MR) is 134 cm³/mol. The average molecular weight is 535 g/mol. The van der Waals surface area contributed by atoms with Crippen LogP contribution in [0.1, 0.15) is 60.7 Å². The molecule has 8 heteroatoms. The van der Waals surface area contributed by atoms with Gasteiger partial charge in [0.1, 0.15) is 0 Å². The molecular formula is C27H23BrN2O5. The predicted octanol–water partition coefficient (Wildman–Crippen LogP) is 5.22. The van der Waals surface area contributed by atoms with Crippen molar-refractivity contribution in [2.24, 2.45) is 0 Å². The van der Waals surface area contributed by atoms with Gasteiger partial charge in [0.05, 0.1) is 22.7 Å². The van der Waals surface area contributed by atoms with Gasteiger partial charge in [-0.15, -0.1) is 0 Å². The highest BCUT2D eigenvalue weighted by atomic mass is 79.9. The maximum absolute atomic E-state index is 13.0. The third-order valence-corrected chi connectivity index (χ3v) is 7.01. The molecule has 0 fully saturated rings. The molecule has 3 amide bonds. The minimum Gasteiger partial charge on any atom is -0.452 e. The first-order chi connectivity index (χ1) is 16.7. The summed E-state index contributed by atoms with van der Waals surface area (Å²) in [4.78, 5) is 52.0. The molecule has 0 aromatic heterocycles. The van der Waals surface area contributed by atoms with E-state index in [2.05, 4.69) is 21.2 Å². The van der Waals surface area contributed by atoms with E-state index in [1.807, 2.05) is 50.2 Å². The Balaban J connectivity index is 1.44. The molecule has 0 saturated heterocycles. The fraction of sp³-hybridized carbons (Fsp3) is 0.185. The van der Waals surface area contributed by atoms with E-state index in [4.69, 9.17) is 4.74 Å². The first-order valence-electron chi connectivity index (χ1n) is 11.0. The van der Waals surface area contributed by atoms with Crippen molar-refractivity contribution < 1.29 is 23.9 Å². The standard InChI is InChI=1S/C27H23BrN2O5/c1-15-16(2)23(12-11-22(15)28)29-24(31)14-35-27(34)19-9-10-20-21(13-19)26(33)30(25(20)32)17(3)18-7-5-4-6-8-18/h4-13,17H,14H2,1-3H3,(H,29,31)/t17-/m1/s1. The molecule has 1 aliphatic heterocycles. The Labute approximate surface area is 211 Å². The van der Waals surface area contributed by atoms with Crippen molar-refractivity contribution in [3.63, 3.8) is 0 Å². The third kappa shape index (κ3) is 4.74. The van der Waals surface area contributed by atoms with Crippen molar-refractivity contribution in [1.29, 1.82) is 0 Å². The van der Waals surface area contributed by atoms with Gasteiger partial charge in [0.15, 0.2) is 6.61 Å². The first-order valence-corrected chi connectivity index (χ1v) is 11.8. The molecule has 3 aromatic rings. The highest BCUT2D eigenvalue weighted by Gasteiger charge is 2.39. The zero-order valence-corrected chi connectivity index (χ0v) is 21.0. The normalized spacial score (nSPS) is 13.4. The summed E-state index contributed by atoms with van der Waals surface area (Å²) in [7, 11) is 0. The lowest BCUT2D eigenvalue weighted by atomic mass is 10.1. The zero-order chi connectivity index (χ0) is 25.3. The van der Waals surface area contributed by atoms with Gasteiger partial charge in [-0.25, -0.2) is 4.79 Å². The molecule has 1 atom stereocenters. The number of benzene rings is 3.